The van der Waals surface area contributed by atoms with E-state index in [2.05, 4.69) is 28.2 Å². The molecule has 0 saturated heterocycles. The number of hydrogen-bond donors (Lipinski definition) is 1. The Hall–Kier alpha value is -1.76. The highest BCUT2D eigenvalue weighted by Gasteiger charge is 2.28. The van der Waals surface area contributed by atoms with Crippen LogP contribution in [0, 0.1) is 0 Å². The fourth-order valence-corrected chi connectivity index (χ4v) is 4.06. The second-order valence-electron chi connectivity index (χ2n) is 7.62. The lowest BCUT2D eigenvalue weighted by Crippen LogP contribution is -2.50. The van der Waals surface area contributed by atoms with Crippen molar-refractivity contribution in [1.82, 2.24) is 10.2 Å². The molecule has 2 aromatic carbocycles. The van der Waals surface area contributed by atoms with Gasteiger partial charge in [0.05, 0.1) is 4.47 Å². The largest absolute Gasteiger partial charge is 0.483 e. The van der Waals surface area contributed by atoms with Crippen LogP contribution in [0.1, 0.15) is 45.2 Å². The van der Waals surface area contributed by atoms with Crippen LogP contribution in [0.5, 0.6) is 5.75 Å². The van der Waals surface area contributed by atoms with E-state index < -0.39 is 6.04 Å². The Morgan fingerprint density at radius 1 is 1.12 bits per heavy atom. The first-order chi connectivity index (χ1) is 15.2. The van der Waals surface area contributed by atoms with E-state index in [0.29, 0.717) is 21.4 Å². The molecule has 0 aromatic heterocycles. The number of halogens is 3. The molecule has 2 aromatic rings. The highest BCUT2D eigenvalue weighted by Crippen LogP contribution is 2.28. The molecule has 0 heterocycles. The topological polar surface area (TPSA) is 58.6 Å². The first kappa shape index (κ1) is 26.5. The number of benzene rings is 2. The summed E-state index contributed by atoms with van der Waals surface area (Å²) < 4.78 is 6.54. The molecule has 0 aliphatic heterocycles. The summed E-state index contributed by atoms with van der Waals surface area (Å²) in [4.78, 5) is 27.4. The molecule has 0 spiro atoms. The molecule has 0 aliphatic rings. The second-order valence-corrected chi connectivity index (χ2v) is 9.29. The zero-order valence-electron chi connectivity index (χ0n) is 18.8. The van der Waals surface area contributed by atoms with Gasteiger partial charge in [0.2, 0.25) is 5.91 Å². The highest BCUT2D eigenvalue weighted by atomic mass is 79.9. The maximum atomic E-state index is 13.2. The smallest absolute Gasteiger partial charge is 0.261 e. The Morgan fingerprint density at radius 3 is 2.34 bits per heavy atom. The molecule has 0 aliphatic carbocycles. The number of carbonyl (C=O) groups is 2. The van der Waals surface area contributed by atoms with Gasteiger partial charge in [0.1, 0.15) is 11.8 Å². The Labute approximate surface area is 208 Å². The van der Waals surface area contributed by atoms with Crippen molar-refractivity contribution in [3.8, 4) is 5.75 Å². The number of ether oxygens (including phenoxy) is 1. The van der Waals surface area contributed by atoms with Gasteiger partial charge in [0, 0.05) is 28.2 Å². The molecular formula is C24H29BrCl2N2O3. The van der Waals surface area contributed by atoms with Crippen molar-refractivity contribution >= 4 is 50.9 Å². The summed E-state index contributed by atoms with van der Waals surface area (Å²) in [5.41, 5.74) is 1.74. The lowest BCUT2D eigenvalue weighted by molar-refractivity contribution is -0.142. The number of rotatable bonds is 10. The number of nitrogens with zero attached hydrogens (tertiary/aromatic N) is 1. The van der Waals surface area contributed by atoms with Crippen LogP contribution in [0.4, 0.5) is 0 Å². The molecule has 2 amide bonds. The predicted octanol–water partition coefficient (Wildman–Crippen LogP) is 6.03. The fourth-order valence-electron chi connectivity index (χ4n) is 3.01. The number of carbonyl (C=O) groups excluding carboxylic acids is 2. The molecule has 0 saturated carbocycles. The van der Waals surface area contributed by atoms with Crippen LogP contribution in [0.3, 0.4) is 0 Å². The minimum Gasteiger partial charge on any atom is -0.483 e. The molecule has 0 unspecified atom stereocenters. The van der Waals surface area contributed by atoms with E-state index in [1.807, 2.05) is 32.0 Å². The molecule has 2 atom stereocenters. The van der Waals surface area contributed by atoms with Crippen molar-refractivity contribution in [3.63, 3.8) is 0 Å². The van der Waals surface area contributed by atoms with Crippen LogP contribution < -0.4 is 10.1 Å². The van der Waals surface area contributed by atoms with Crippen molar-refractivity contribution in [3.05, 3.63) is 62.0 Å². The van der Waals surface area contributed by atoms with Crippen LogP contribution in [0.15, 0.2) is 40.9 Å². The number of nitrogens with one attached hydrogen (secondary N) is 1. The zero-order valence-corrected chi connectivity index (χ0v) is 21.9. The molecule has 2 rings (SSSR count). The summed E-state index contributed by atoms with van der Waals surface area (Å²) in [5.74, 6) is -0.0356. The number of hydrogen-bond acceptors (Lipinski definition) is 3. The van der Waals surface area contributed by atoms with Gasteiger partial charge in [0.15, 0.2) is 6.61 Å². The maximum absolute atomic E-state index is 13.2. The highest BCUT2D eigenvalue weighted by molar-refractivity contribution is 9.10. The maximum Gasteiger partial charge on any atom is 0.261 e. The predicted molar refractivity (Wildman–Crippen MR) is 133 cm³/mol. The molecular weight excluding hydrogens is 515 g/mol. The molecule has 1 N–H and O–H groups in total. The van der Waals surface area contributed by atoms with Crippen LogP contribution in [-0.2, 0) is 22.6 Å². The summed E-state index contributed by atoms with van der Waals surface area (Å²) in [7, 11) is 0. The van der Waals surface area contributed by atoms with E-state index in [1.165, 1.54) is 4.90 Å². The van der Waals surface area contributed by atoms with Crippen molar-refractivity contribution < 1.29 is 14.3 Å². The second kappa shape index (κ2) is 12.5. The zero-order chi connectivity index (χ0) is 23.8. The van der Waals surface area contributed by atoms with Gasteiger partial charge in [-0.15, -0.1) is 0 Å². The van der Waals surface area contributed by atoms with E-state index in [4.69, 9.17) is 27.9 Å². The fraction of sp³-hybridized carbons (Fsp3) is 0.417. The summed E-state index contributed by atoms with van der Waals surface area (Å²) >= 11 is 16.1. The minimum atomic E-state index is -0.738. The summed E-state index contributed by atoms with van der Waals surface area (Å²) in [6, 6.07) is 10.1. The van der Waals surface area contributed by atoms with E-state index in [0.717, 1.165) is 22.9 Å². The molecule has 0 fully saturated rings. The van der Waals surface area contributed by atoms with Gasteiger partial charge in [0.25, 0.3) is 5.91 Å². The molecule has 5 nitrogen and oxygen atoms in total. The third-order valence-electron chi connectivity index (χ3n) is 5.31. The van der Waals surface area contributed by atoms with E-state index in [1.54, 1.807) is 25.1 Å². The number of aryl methyl sites for hydroxylation is 1. The van der Waals surface area contributed by atoms with Gasteiger partial charge in [-0.3, -0.25) is 9.59 Å². The van der Waals surface area contributed by atoms with Gasteiger partial charge in [-0.1, -0.05) is 49.2 Å². The van der Waals surface area contributed by atoms with Crippen LogP contribution in [0.25, 0.3) is 0 Å². The Balaban J connectivity index is 2.24. The first-order valence-electron chi connectivity index (χ1n) is 10.6. The van der Waals surface area contributed by atoms with Crippen molar-refractivity contribution in [2.24, 2.45) is 0 Å². The van der Waals surface area contributed by atoms with E-state index >= 15 is 0 Å². The lowest BCUT2D eigenvalue weighted by atomic mass is 10.1. The third-order valence-corrected chi connectivity index (χ3v) is 6.64. The van der Waals surface area contributed by atoms with Gasteiger partial charge in [-0.05, 0) is 72.4 Å². The molecule has 174 valence electrons. The minimum absolute atomic E-state index is 0.00455. The first-order valence-corrected chi connectivity index (χ1v) is 12.2. The SMILES string of the molecule is CCc1ccc(OCC(=O)N(Cc2c(Cl)cccc2Cl)[C@H](C)C(=O)N[C@@H](C)CC)c(Br)c1. The van der Waals surface area contributed by atoms with Crippen LogP contribution in [-0.4, -0.2) is 35.4 Å². The van der Waals surface area contributed by atoms with Crippen molar-refractivity contribution in [2.45, 2.75) is 59.2 Å². The van der Waals surface area contributed by atoms with E-state index in [9.17, 15) is 9.59 Å². The van der Waals surface area contributed by atoms with Gasteiger partial charge in [-0.2, -0.15) is 0 Å². The van der Waals surface area contributed by atoms with Crippen LogP contribution >= 0.6 is 39.1 Å². The van der Waals surface area contributed by atoms with Gasteiger partial charge >= 0.3 is 0 Å². The Morgan fingerprint density at radius 2 is 1.78 bits per heavy atom. The van der Waals surface area contributed by atoms with Gasteiger partial charge in [-0.25, -0.2) is 0 Å². The summed E-state index contributed by atoms with van der Waals surface area (Å²) in [6.45, 7) is 7.51. The van der Waals surface area contributed by atoms with Crippen molar-refractivity contribution in [2.75, 3.05) is 6.61 Å². The van der Waals surface area contributed by atoms with Gasteiger partial charge < -0.3 is 15.0 Å². The third kappa shape index (κ3) is 7.12. The average molecular weight is 544 g/mol. The molecule has 0 bridgehead atoms. The normalized spacial score (nSPS) is 12.7. The van der Waals surface area contributed by atoms with E-state index in [-0.39, 0.29) is 31.0 Å². The monoisotopic (exact) mass is 542 g/mol. The molecule has 32 heavy (non-hydrogen) atoms. The number of amides is 2. The lowest BCUT2D eigenvalue weighted by Gasteiger charge is -2.30. The Bertz CT molecular complexity index is 935. The van der Waals surface area contributed by atoms with Crippen LogP contribution in [0.2, 0.25) is 10.0 Å². The summed E-state index contributed by atoms with van der Waals surface area (Å²) in [6.07, 6.45) is 1.68. The average Bonchev–Trinajstić information content (AvgIpc) is 2.77. The standard InChI is InChI=1S/C24H29BrCl2N2O3/c1-5-15(3)28-24(31)16(4)29(13-18-20(26)8-7-9-21(18)27)23(30)14-32-22-11-10-17(6-2)12-19(22)25/h7-12,15-16H,5-6,13-14H2,1-4H3,(H,28,31)/t15-,16+/m0/s1. The summed E-state index contributed by atoms with van der Waals surface area (Å²) in [5, 5.41) is 3.80. The quantitative estimate of drug-likeness (QED) is 0.398. The molecule has 0 radical (unpaired) electrons. The van der Waals surface area contributed by atoms with Crippen molar-refractivity contribution in [1.29, 1.82) is 0 Å². The molecule has 8 heteroatoms. The Kier molecular flexibility index (Phi) is 10.3.